The molecule has 21 heavy (non-hydrogen) atoms. The van der Waals surface area contributed by atoms with Crippen molar-refractivity contribution in [2.45, 2.75) is 18.0 Å². The molecule has 0 bridgehead atoms. The van der Waals surface area contributed by atoms with Crippen LogP contribution >= 0.6 is 11.6 Å². The topological polar surface area (TPSA) is 76.5 Å². The average molecular weight is 333 g/mol. The van der Waals surface area contributed by atoms with Crippen LogP contribution in [0.25, 0.3) is 0 Å². The maximum atomic E-state index is 14.2. The second-order valence-corrected chi connectivity index (χ2v) is 6.87. The lowest BCUT2D eigenvalue weighted by atomic mass is 10.2. The predicted octanol–water partition coefficient (Wildman–Crippen LogP) is 2.35. The largest absolute Gasteiger partial charge is 0.468 e. The Hall–Kier alpha value is -1.41. The van der Waals surface area contributed by atoms with Gasteiger partial charge in [0.25, 0.3) is 0 Å². The molecule has 0 saturated heterocycles. The lowest BCUT2D eigenvalue weighted by Crippen LogP contribution is -2.27. The van der Waals surface area contributed by atoms with E-state index in [1.165, 1.54) is 19.4 Å². The third-order valence-corrected chi connectivity index (χ3v) is 4.97. The fraction of sp³-hybridized carbons (Fsp3) is 0.231. The molecular formula is C13H14ClFN2O3S. The van der Waals surface area contributed by atoms with Crippen LogP contribution in [0.4, 0.5) is 4.39 Å². The molecule has 0 fully saturated rings. The van der Waals surface area contributed by atoms with Gasteiger partial charge >= 0.3 is 0 Å². The normalized spacial score (nSPS) is 12.0. The number of benzene rings is 1. The molecule has 0 unspecified atom stereocenters. The number of nitrogens with zero attached hydrogens (tertiary/aromatic N) is 1. The zero-order valence-electron chi connectivity index (χ0n) is 11.2. The van der Waals surface area contributed by atoms with Gasteiger partial charge in [-0.25, -0.2) is 12.8 Å². The highest BCUT2D eigenvalue weighted by atomic mass is 35.5. The summed E-state index contributed by atoms with van der Waals surface area (Å²) in [5.74, 6) is -0.434. The molecule has 0 radical (unpaired) electrons. The molecule has 5 nitrogen and oxygen atoms in total. The quantitative estimate of drug-likeness (QED) is 0.911. The van der Waals surface area contributed by atoms with E-state index in [2.05, 4.69) is 0 Å². The summed E-state index contributed by atoms with van der Waals surface area (Å²) in [6.45, 7) is -0.157. The molecule has 0 aliphatic heterocycles. The van der Waals surface area contributed by atoms with Gasteiger partial charge in [-0.3, -0.25) is 0 Å². The molecular weight excluding hydrogens is 319 g/mol. The Bertz CT molecular complexity index is 732. The number of halogens is 2. The Kier molecular flexibility index (Phi) is 4.67. The highest BCUT2D eigenvalue weighted by Gasteiger charge is 2.27. The summed E-state index contributed by atoms with van der Waals surface area (Å²) < 4.78 is 45.2. The van der Waals surface area contributed by atoms with Crippen molar-refractivity contribution >= 4 is 21.6 Å². The van der Waals surface area contributed by atoms with Gasteiger partial charge in [0, 0.05) is 24.2 Å². The summed E-state index contributed by atoms with van der Waals surface area (Å²) in [6, 6.07) is 5.65. The summed E-state index contributed by atoms with van der Waals surface area (Å²) >= 11 is 5.83. The summed E-state index contributed by atoms with van der Waals surface area (Å²) in [6.07, 6.45) is 1.43. The molecule has 0 aliphatic rings. The number of sulfonamides is 1. The lowest BCUT2D eigenvalue weighted by Gasteiger charge is -2.17. The van der Waals surface area contributed by atoms with Gasteiger partial charge in [0.1, 0.15) is 16.5 Å². The number of nitrogens with two attached hydrogens (primary N) is 1. The molecule has 2 aromatic rings. The highest BCUT2D eigenvalue weighted by molar-refractivity contribution is 7.89. The van der Waals surface area contributed by atoms with Gasteiger partial charge < -0.3 is 10.2 Å². The maximum absolute atomic E-state index is 14.2. The first-order valence-electron chi connectivity index (χ1n) is 6.03. The molecule has 0 spiro atoms. The van der Waals surface area contributed by atoms with E-state index in [-0.39, 0.29) is 23.7 Å². The Morgan fingerprint density at radius 3 is 2.71 bits per heavy atom. The van der Waals surface area contributed by atoms with Crippen molar-refractivity contribution in [3.05, 3.63) is 52.7 Å². The lowest BCUT2D eigenvalue weighted by molar-refractivity contribution is 0.403. The van der Waals surface area contributed by atoms with Crippen LogP contribution in [0.5, 0.6) is 0 Å². The predicted molar refractivity (Wildman–Crippen MR) is 76.7 cm³/mol. The van der Waals surface area contributed by atoms with Gasteiger partial charge in [-0.1, -0.05) is 11.6 Å². The van der Waals surface area contributed by atoms with Crippen LogP contribution < -0.4 is 5.73 Å². The number of hydrogen-bond acceptors (Lipinski definition) is 4. The van der Waals surface area contributed by atoms with Gasteiger partial charge in [-0.05, 0) is 24.3 Å². The molecule has 0 atom stereocenters. The van der Waals surface area contributed by atoms with Crippen LogP contribution in [0.1, 0.15) is 11.3 Å². The first-order valence-corrected chi connectivity index (χ1v) is 7.84. The van der Waals surface area contributed by atoms with E-state index < -0.39 is 20.7 Å². The molecule has 0 saturated carbocycles. The van der Waals surface area contributed by atoms with Gasteiger partial charge in [0.15, 0.2) is 0 Å². The second-order valence-electron chi connectivity index (χ2n) is 4.42. The molecule has 1 heterocycles. The van der Waals surface area contributed by atoms with Crippen molar-refractivity contribution in [2.75, 3.05) is 7.05 Å². The monoisotopic (exact) mass is 332 g/mol. The van der Waals surface area contributed by atoms with E-state index in [0.717, 1.165) is 10.4 Å². The highest BCUT2D eigenvalue weighted by Crippen LogP contribution is 2.26. The van der Waals surface area contributed by atoms with Gasteiger partial charge in [-0.2, -0.15) is 4.31 Å². The smallest absolute Gasteiger partial charge is 0.246 e. The van der Waals surface area contributed by atoms with Crippen molar-refractivity contribution in [3.63, 3.8) is 0 Å². The third kappa shape index (κ3) is 3.26. The summed E-state index contributed by atoms with van der Waals surface area (Å²) in [7, 11) is -2.71. The third-order valence-electron chi connectivity index (χ3n) is 2.95. The van der Waals surface area contributed by atoms with Crippen LogP contribution in [0.3, 0.4) is 0 Å². The van der Waals surface area contributed by atoms with Crippen LogP contribution in [0, 0.1) is 5.82 Å². The maximum Gasteiger partial charge on any atom is 0.246 e. The van der Waals surface area contributed by atoms with E-state index in [1.54, 1.807) is 12.1 Å². The summed E-state index contributed by atoms with van der Waals surface area (Å²) in [5, 5.41) is 0.113. The minimum absolute atomic E-state index is 0.0146. The van der Waals surface area contributed by atoms with Crippen molar-refractivity contribution in [3.8, 4) is 0 Å². The fourth-order valence-corrected chi connectivity index (χ4v) is 3.40. The second kappa shape index (κ2) is 6.15. The molecule has 2 N–H and O–H groups in total. The van der Waals surface area contributed by atoms with Gasteiger partial charge in [0.05, 0.1) is 12.8 Å². The Balaban J connectivity index is 2.41. The molecule has 1 aromatic heterocycles. The van der Waals surface area contributed by atoms with E-state index in [4.69, 9.17) is 21.8 Å². The first-order chi connectivity index (χ1) is 9.86. The zero-order chi connectivity index (χ0) is 15.6. The zero-order valence-corrected chi connectivity index (χ0v) is 12.8. The number of hydrogen-bond donors (Lipinski definition) is 1. The van der Waals surface area contributed by atoms with E-state index in [0.29, 0.717) is 5.76 Å². The van der Waals surface area contributed by atoms with Crippen LogP contribution in [0.15, 0.2) is 39.8 Å². The average Bonchev–Trinajstić information content (AvgIpc) is 2.93. The van der Waals surface area contributed by atoms with Crippen molar-refractivity contribution in [2.24, 2.45) is 5.73 Å². The molecule has 0 amide bonds. The SMILES string of the molecule is CN(Cc1ccco1)S(=O)(=O)c1cc(Cl)cc(CN)c1F. The Morgan fingerprint density at radius 1 is 1.43 bits per heavy atom. The minimum Gasteiger partial charge on any atom is -0.468 e. The molecule has 114 valence electrons. The van der Waals surface area contributed by atoms with E-state index in [9.17, 15) is 12.8 Å². The van der Waals surface area contributed by atoms with E-state index in [1.807, 2.05) is 0 Å². The molecule has 2 rings (SSSR count). The molecule has 8 heteroatoms. The fourth-order valence-electron chi connectivity index (χ4n) is 1.83. The van der Waals surface area contributed by atoms with Gasteiger partial charge in [-0.15, -0.1) is 0 Å². The standard InChI is InChI=1S/C13H14ClFN2O3S/c1-17(8-11-3-2-4-20-11)21(18,19)12-6-10(14)5-9(7-16)13(12)15/h2-6H,7-8,16H2,1H3. The molecule has 1 aromatic carbocycles. The van der Waals surface area contributed by atoms with Crippen molar-refractivity contribution in [1.29, 1.82) is 0 Å². The number of rotatable bonds is 5. The van der Waals surface area contributed by atoms with Gasteiger partial charge in [0.2, 0.25) is 10.0 Å². The Morgan fingerprint density at radius 2 is 2.14 bits per heavy atom. The number of furan rings is 1. The molecule has 0 aliphatic carbocycles. The van der Waals surface area contributed by atoms with Crippen molar-refractivity contribution in [1.82, 2.24) is 4.31 Å². The van der Waals surface area contributed by atoms with Crippen molar-refractivity contribution < 1.29 is 17.2 Å². The van der Waals surface area contributed by atoms with Crippen LogP contribution in [0.2, 0.25) is 5.02 Å². The summed E-state index contributed by atoms with van der Waals surface area (Å²) in [5.41, 5.74) is 5.44. The van der Waals surface area contributed by atoms with Crippen LogP contribution in [-0.2, 0) is 23.1 Å². The van der Waals surface area contributed by atoms with Crippen LogP contribution in [-0.4, -0.2) is 19.8 Å². The minimum atomic E-state index is -4.04. The Labute approximate surface area is 127 Å². The first kappa shape index (κ1) is 16.0. The van der Waals surface area contributed by atoms with E-state index >= 15 is 0 Å². The summed E-state index contributed by atoms with van der Waals surface area (Å²) in [4.78, 5) is -0.496.